The third kappa shape index (κ3) is 5.02. The van der Waals surface area contributed by atoms with Crippen LogP contribution < -0.4 is 14.9 Å². The van der Waals surface area contributed by atoms with E-state index in [1.807, 2.05) is 0 Å². The highest BCUT2D eigenvalue weighted by molar-refractivity contribution is 5.88. The summed E-state index contributed by atoms with van der Waals surface area (Å²) in [5, 5.41) is 71.4. The minimum atomic E-state index is -1.72. The standard InChI is InChI=1S/C27H30O13/c1-10-17(29)20(32)22(34)26(36-10)38-13-8-14(28)16-15(9-13)39-24(12-6-4-3-5-7-12)25(19(16)31)40-27-23(35)21(33)18(30)11(2)37-27/h3-11,17-18,20-23,26-30,32-35H,1-2H3. The summed E-state index contributed by atoms with van der Waals surface area (Å²) in [6.45, 7) is 2.94. The van der Waals surface area contributed by atoms with E-state index in [4.69, 9.17) is 23.4 Å². The van der Waals surface area contributed by atoms with Gasteiger partial charge in [-0.1, -0.05) is 30.3 Å². The van der Waals surface area contributed by atoms with E-state index in [1.54, 1.807) is 30.3 Å². The first-order valence-electron chi connectivity index (χ1n) is 12.6. The maximum Gasteiger partial charge on any atom is 0.239 e. The Morgan fingerprint density at radius 2 is 1.27 bits per heavy atom. The highest BCUT2D eigenvalue weighted by atomic mass is 16.7. The predicted molar refractivity (Wildman–Crippen MR) is 136 cm³/mol. The summed E-state index contributed by atoms with van der Waals surface area (Å²) in [5.74, 6) is -1.20. The molecule has 0 aliphatic carbocycles. The molecule has 2 aliphatic rings. The second-order valence-corrected chi connectivity index (χ2v) is 9.87. The first kappa shape index (κ1) is 28.3. The van der Waals surface area contributed by atoms with E-state index in [0.717, 1.165) is 6.07 Å². The first-order valence-corrected chi connectivity index (χ1v) is 12.6. The van der Waals surface area contributed by atoms with Gasteiger partial charge in [-0.2, -0.15) is 0 Å². The molecule has 13 heteroatoms. The Bertz CT molecular complexity index is 1410. The number of fused-ring (bicyclic) bond motifs is 1. The van der Waals surface area contributed by atoms with Crippen LogP contribution in [0.3, 0.4) is 0 Å². The highest BCUT2D eigenvalue weighted by Crippen LogP contribution is 2.38. The van der Waals surface area contributed by atoms with Crippen molar-refractivity contribution in [3.8, 4) is 28.6 Å². The van der Waals surface area contributed by atoms with E-state index in [-0.39, 0.29) is 22.5 Å². The summed E-state index contributed by atoms with van der Waals surface area (Å²) in [6, 6.07) is 10.7. The van der Waals surface area contributed by atoms with Crippen molar-refractivity contribution in [3.05, 3.63) is 52.7 Å². The number of phenolic OH excluding ortho intramolecular Hbond substituents is 1. The Morgan fingerprint density at radius 1 is 0.725 bits per heavy atom. The molecule has 2 aromatic carbocycles. The molecule has 0 radical (unpaired) electrons. The normalized spacial score (nSPS) is 34.5. The molecule has 7 N–H and O–H groups in total. The lowest BCUT2D eigenvalue weighted by Crippen LogP contribution is -2.58. The van der Waals surface area contributed by atoms with Crippen LogP contribution in [0.1, 0.15) is 13.8 Å². The summed E-state index contributed by atoms with van der Waals surface area (Å²) < 4.78 is 28.3. The zero-order valence-electron chi connectivity index (χ0n) is 21.4. The van der Waals surface area contributed by atoms with Gasteiger partial charge in [0.05, 0.1) is 12.2 Å². The monoisotopic (exact) mass is 562 g/mol. The second kappa shape index (κ2) is 11.0. The fraction of sp³-hybridized carbons (Fsp3) is 0.444. The number of hydrogen-bond acceptors (Lipinski definition) is 13. The molecule has 3 heterocycles. The van der Waals surface area contributed by atoms with E-state index in [0.29, 0.717) is 5.56 Å². The van der Waals surface area contributed by atoms with Crippen LogP contribution >= 0.6 is 0 Å². The van der Waals surface area contributed by atoms with Crippen molar-refractivity contribution in [2.45, 2.75) is 75.3 Å². The van der Waals surface area contributed by atoms with Gasteiger partial charge in [0.2, 0.25) is 23.8 Å². The third-order valence-corrected chi connectivity index (χ3v) is 7.05. The Kier molecular flexibility index (Phi) is 7.74. The van der Waals surface area contributed by atoms with Gasteiger partial charge < -0.3 is 59.1 Å². The van der Waals surface area contributed by atoms with E-state index >= 15 is 0 Å². The Morgan fingerprint density at radius 3 is 1.85 bits per heavy atom. The van der Waals surface area contributed by atoms with Crippen molar-refractivity contribution in [1.29, 1.82) is 0 Å². The van der Waals surface area contributed by atoms with E-state index in [1.165, 1.54) is 19.9 Å². The topological polar surface area (TPSA) is 209 Å². The van der Waals surface area contributed by atoms with Crippen molar-refractivity contribution in [3.63, 3.8) is 0 Å². The largest absolute Gasteiger partial charge is 0.507 e. The van der Waals surface area contributed by atoms with Gasteiger partial charge in [-0.05, 0) is 13.8 Å². The molecule has 5 rings (SSSR count). The van der Waals surface area contributed by atoms with Crippen molar-refractivity contribution in [2.24, 2.45) is 0 Å². The van der Waals surface area contributed by atoms with Crippen molar-refractivity contribution < 1.29 is 59.1 Å². The molecule has 0 spiro atoms. The van der Waals surface area contributed by atoms with Crippen LogP contribution in [0.15, 0.2) is 51.7 Å². The van der Waals surface area contributed by atoms with Crippen LogP contribution in [0, 0.1) is 0 Å². The maximum atomic E-state index is 13.7. The summed E-state index contributed by atoms with van der Waals surface area (Å²) in [4.78, 5) is 13.7. The summed E-state index contributed by atoms with van der Waals surface area (Å²) in [7, 11) is 0. The number of hydrogen-bond donors (Lipinski definition) is 7. The molecule has 1 aromatic heterocycles. The summed E-state index contributed by atoms with van der Waals surface area (Å²) in [6.07, 6.45) is -14.0. The molecule has 3 aromatic rings. The Labute approximate surface area is 227 Å². The lowest BCUT2D eigenvalue weighted by molar-refractivity contribution is -0.268. The molecule has 216 valence electrons. The third-order valence-electron chi connectivity index (χ3n) is 7.05. The lowest BCUT2D eigenvalue weighted by atomic mass is 10.00. The van der Waals surface area contributed by atoms with Crippen LogP contribution in [0.4, 0.5) is 0 Å². The molecule has 0 saturated carbocycles. The van der Waals surface area contributed by atoms with E-state index in [2.05, 4.69) is 0 Å². The predicted octanol–water partition coefficient (Wildman–Crippen LogP) is -0.422. The molecule has 0 bridgehead atoms. The Balaban J connectivity index is 1.57. The number of aromatic hydroxyl groups is 1. The molecule has 10 unspecified atom stereocenters. The number of phenols is 1. The van der Waals surface area contributed by atoms with Crippen molar-refractivity contribution in [2.75, 3.05) is 0 Å². The number of aliphatic hydroxyl groups is 6. The summed E-state index contributed by atoms with van der Waals surface area (Å²) in [5.41, 5.74) is -0.591. The maximum absolute atomic E-state index is 13.7. The van der Waals surface area contributed by atoms with Gasteiger partial charge in [-0.15, -0.1) is 0 Å². The van der Waals surface area contributed by atoms with Crippen LogP contribution in [0.5, 0.6) is 17.2 Å². The number of ether oxygens (including phenoxy) is 4. The van der Waals surface area contributed by atoms with Gasteiger partial charge in [0.1, 0.15) is 59.1 Å². The number of benzene rings is 2. The minimum absolute atomic E-state index is 0.0855. The molecule has 2 saturated heterocycles. The molecule has 13 nitrogen and oxygen atoms in total. The molecule has 2 aliphatic heterocycles. The average molecular weight is 563 g/mol. The van der Waals surface area contributed by atoms with Crippen LogP contribution in [0.2, 0.25) is 0 Å². The van der Waals surface area contributed by atoms with Gasteiger partial charge in [0, 0.05) is 17.7 Å². The number of aliphatic hydroxyl groups excluding tert-OH is 6. The summed E-state index contributed by atoms with van der Waals surface area (Å²) >= 11 is 0. The smallest absolute Gasteiger partial charge is 0.239 e. The van der Waals surface area contributed by atoms with E-state index in [9.17, 15) is 40.5 Å². The van der Waals surface area contributed by atoms with Crippen molar-refractivity contribution >= 4 is 11.0 Å². The van der Waals surface area contributed by atoms with Gasteiger partial charge in [0.25, 0.3) is 0 Å². The highest BCUT2D eigenvalue weighted by Gasteiger charge is 2.45. The molecule has 0 amide bonds. The zero-order chi connectivity index (χ0) is 28.9. The van der Waals surface area contributed by atoms with Crippen LogP contribution in [0.25, 0.3) is 22.3 Å². The van der Waals surface area contributed by atoms with Gasteiger partial charge in [-0.3, -0.25) is 4.79 Å². The minimum Gasteiger partial charge on any atom is -0.507 e. The Hall–Kier alpha value is -3.27. The second-order valence-electron chi connectivity index (χ2n) is 9.87. The molecule has 10 atom stereocenters. The van der Waals surface area contributed by atoms with Gasteiger partial charge in [-0.25, -0.2) is 0 Å². The molecular weight excluding hydrogens is 532 g/mol. The van der Waals surface area contributed by atoms with Gasteiger partial charge in [0.15, 0.2) is 5.76 Å². The molecular formula is C27H30O13. The van der Waals surface area contributed by atoms with Crippen LogP contribution in [-0.2, 0) is 9.47 Å². The average Bonchev–Trinajstić information content (AvgIpc) is 2.93. The molecule has 2 fully saturated rings. The van der Waals surface area contributed by atoms with Gasteiger partial charge >= 0.3 is 0 Å². The SMILES string of the molecule is CC1OC(Oc2cc(O)c3c(=O)c(OC4OC(C)C(O)C(O)C4O)c(-c4ccccc4)oc3c2)C(O)C(O)C1O. The first-order chi connectivity index (χ1) is 19.0. The fourth-order valence-corrected chi connectivity index (χ4v) is 4.68. The van der Waals surface area contributed by atoms with E-state index < -0.39 is 78.3 Å². The fourth-order valence-electron chi connectivity index (χ4n) is 4.68. The molecule has 40 heavy (non-hydrogen) atoms. The van der Waals surface area contributed by atoms with Crippen LogP contribution in [-0.4, -0.2) is 97.2 Å². The zero-order valence-corrected chi connectivity index (χ0v) is 21.4. The number of rotatable bonds is 5. The quantitative estimate of drug-likeness (QED) is 0.211. The lowest BCUT2D eigenvalue weighted by Gasteiger charge is -2.39. The van der Waals surface area contributed by atoms with Crippen molar-refractivity contribution in [1.82, 2.24) is 0 Å².